The van der Waals surface area contributed by atoms with Crippen molar-refractivity contribution in [1.82, 2.24) is 19.5 Å². The lowest BCUT2D eigenvalue weighted by atomic mass is 9.79. The number of pyridine rings is 2. The molecule has 8 nitrogen and oxygen atoms in total. The number of allylic oxidation sites excluding steroid dienone is 1. The number of nitrogens with one attached hydrogen (secondary N) is 1. The summed E-state index contributed by atoms with van der Waals surface area (Å²) in [5.41, 5.74) is 3.26. The van der Waals surface area contributed by atoms with E-state index in [2.05, 4.69) is 21.5 Å². The third kappa shape index (κ3) is 4.67. The van der Waals surface area contributed by atoms with Gasteiger partial charge in [0.25, 0.3) is 5.56 Å². The fourth-order valence-electron chi connectivity index (χ4n) is 7.63. The van der Waals surface area contributed by atoms with Crippen LogP contribution in [0.15, 0.2) is 54.2 Å². The van der Waals surface area contributed by atoms with Gasteiger partial charge in [0.15, 0.2) is 11.6 Å². The number of aromatic amines is 1. The molecule has 3 atom stereocenters. The number of halogens is 2. The molecule has 2 aliphatic rings. The molecule has 0 amide bonds. The van der Waals surface area contributed by atoms with Crippen LogP contribution in [0.25, 0.3) is 38.8 Å². The molecule has 0 saturated carbocycles. The number of H-pyrrole nitrogens is 1. The minimum atomic E-state index is -0.873. The van der Waals surface area contributed by atoms with Crippen molar-refractivity contribution in [1.29, 1.82) is 0 Å². The van der Waals surface area contributed by atoms with E-state index in [1.165, 1.54) is 23.0 Å². The molecule has 0 bridgehead atoms. The predicted molar refractivity (Wildman–Crippen MR) is 180 cm³/mol. The van der Waals surface area contributed by atoms with Gasteiger partial charge in [-0.3, -0.25) is 19.1 Å². The summed E-state index contributed by atoms with van der Waals surface area (Å²) in [7, 11) is 0. The molecule has 1 N–H and O–H groups in total. The number of piperidine rings is 1. The second kappa shape index (κ2) is 11.4. The number of hydrogen-bond donors (Lipinski definition) is 1. The van der Waals surface area contributed by atoms with Gasteiger partial charge in [-0.05, 0) is 67.5 Å². The molecule has 0 aliphatic carbocycles. The smallest absolute Gasteiger partial charge is 0.300 e. The number of rotatable bonds is 5. The maximum absolute atomic E-state index is 17.6. The van der Waals surface area contributed by atoms with Gasteiger partial charge >= 0.3 is 0 Å². The van der Waals surface area contributed by atoms with Crippen molar-refractivity contribution >= 4 is 33.4 Å². The Morgan fingerprint density at radius 1 is 1.13 bits per heavy atom. The second-order valence-electron chi connectivity index (χ2n) is 13.2. The van der Waals surface area contributed by atoms with Gasteiger partial charge in [0.1, 0.15) is 5.82 Å². The number of ether oxygens (including phenoxy) is 1. The molecule has 5 heterocycles. The molecular weight excluding hydrogens is 600 g/mol. The van der Waals surface area contributed by atoms with Crippen LogP contribution >= 0.6 is 0 Å². The Kier molecular flexibility index (Phi) is 7.49. The normalized spacial score (nSPS) is 19.4. The lowest BCUT2D eigenvalue weighted by Crippen LogP contribution is -2.48. The Balaban J connectivity index is 1.62. The fraction of sp³-hybridized carbons (Fsp3) is 0.351. The van der Waals surface area contributed by atoms with E-state index in [-0.39, 0.29) is 58.4 Å². The number of imidazole rings is 1. The van der Waals surface area contributed by atoms with E-state index in [1.54, 1.807) is 25.3 Å². The van der Waals surface area contributed by atoms with Gasteiger partial charge in [-0.15, -0.1) is 0 Å². The van der Waals surface area contributed by atoms with Crippen LogP contribution in [0.1, 0.15) is 56.4 Å². The lowest BCUT2D eigenvalue weighted by Gasteiger charge is -2.43. The van der Waals surface area contributed by atoms with Gasteiger partial charge < -0.3 is 14.6 Å². The fourth-order valence-corrected chi connectivity index (χ4v) is 7.63. The number of carbonyl (C=O) groups is 1. The molecular formula is C37H37F2N5O3. The molecule has 2 aromatic carbocycles. The maximum atomic E-state index is 17.6. The molecule has 242 valence electrons. The molecule has 0 radical (unpaired) electrons. The van der Waals surface area contributed by atoms with Crippen molar-refractivity contribution in [2.75, 3.05) is 18.1 Å². The highest BCUT2D eigenvalue weighted by Crippen LogP contribution is 2.46. The van der Waals surface area contributed by atoms with Crippen molar-refractivity contribution in [3.63, 3.8) is 0 Å². The Labute approximate surface area is 271 Å². The summed E-state index contributed by atoms with van der Waals surface area (Å²) in [6.07, 6.45) is 5.58. The van der Waals surface area contributed by atoms with Gasteiger partial charge in [0.05, 0.1) is 52.1 Å². The topological polar surface area (TPSA) is 93.1 Å². The number of benzene rings is 2. The number of hydrogen-bond acceptors (Lipinski definition) is 6. The van der Waals surface area contributed by atoms with Crippen LogP contribution in [0, 0.1) is 37.3 Å². The molecule has 3 aromatic heterocycles. The van der Waals surface area contributed by atoms with Gasteiger partial charge in [-0.25, -0.2) is 13.8 Å². The van der Waals surface area contributed by atoms with Crippen molar-refractivity contribution in [2.45, 2.75) is 59.4 Å². The third-order valence-corrected chi connectivity index (χ3v) is 9.95. The number of carbonyl (C=O) groups excluding carboxylic acids is 1. The molecule has 7 rings (SSSR count). The van der Waals surface area contributed by atoms with E-state index in [0.29, 0.717) is 64.2 Å². The van der Waals surface area contributed by atoms with Crippen molar-refractivity contribution in [3.05, 3.63) is 88.3 Å². The quantitative estimate of drug-likeness (QED) is 0.203. The van der Waals surface area contributed by atoms with Gasteiger partial charge in [0.2, 0.25) is 5.75 Å². The van der Waals surface area contributed by atoms with Gasteiger partial charge in [-0.1, -0.05) is 33.4 Å². The minimum Gasteiger partial charge on any atom is -0.486 e. The zero-order valence-corrected chi connectivity index (χ0v) is 27.2. The number of fused-ring (bicyclic) bond motifs is 6. The Bertz CT molecular complexity index is 2170. The van der Waals surface area contributed by atoms with Crippen LogP contribution < -0.4 is 15.2 Å². The van der Waals surface area contributed by atoms with Crippen LogP contribution in [-0.4, -0.2) is 44.5 Å². The molecule has 5 aromatic rings. The number of ketones is 1. The first-order valence-corrected chi connectivity index (χ1v) is 16.1. The number of aryl methyl sites for hydroxylation is 2. The van der Waals surface area contributed by atoms with Crippen LogP contribution in [0.2, 0.25) is 0 Å². The first-order valence-electron chi connectivity index (χ1n) is 16.1. The Morgan fingerprint density at radius 3 is 2.66 bits per heavy atom. The SMILES string of the molecule is C=CC(=O)C1CC2CCOc3c(c4cc(F)c(-c5c(C)ccc6[nH]cnc56)c(F)c4n(-c4c(C)ccnc4C(C)C)c3=O)N2CC1C. The average molecular weight is 638 g/mol. The molecule has 0 spiro atoms. The molecule has 10 heteroatoms. The summed E-state index contributed by atoms with van der Waals surface area (Å²) in [5, 5.41) is 0.218. The van der Waals surface area contributed by atoms with Crippen molar-refractivity contribution in [3.8, 4) is 22.6 Å². The highest BCUT2D eigenvalue weighted by atomic mass is 19.1. The monoisotopic (exact) mass is 637 g/mol. The Hall–Kier alpha value is -4.86. The highest BCUT2D eigenvalue weighted by Gasteiger charge is 2.41. The molecule has 47 heavy (non-hydrogen) atoms. The van der Waals surface area contributed by atoms with Crippen LogP contribution in [0.4, 0.5) is 14.5 Å². The lowest BCUT2D eigenvalue weighted by molar-refractivity contribution is -0.120. The van der Waals surface area contributed by atoms with Gasteiger partial charge in [-0.2, -0.15) is 0 Å². The zero-order valence-electron chi connectivity index (χ0n) is 27.2. The Morgan fingerprint density at radius 2 is 1.91 bits per heavy atom. The van der Waals surface area contributed by atoms with Gasteiger partial charge in [0, 0.05) is 42.1 Å². The highest BCUT2D eigenvalue weighted by molar-refractivity contribution is 6.02. The molecule has 2 aliphatic heterocycles. The van der Waals surface area contributed by atoms with Crippen molar-refractivity contribution in [2.24, 2.45) is 11.8 Å². The maximum Gasteiger partial charge on any atom is 0.300 e. The van der Waals surface area contributed by atoms with E-state index in [0.717, 1.165) is 0 Å². The first kappa shape index (κ1) is 30.8. The largest absolute Gasteiger partial charge is 0.486 e. The predicted octanol–water partition coefficient (Wildman–Crippen LogP) is 7.32. The first-order chi connectivity index (χ1) is 22.5. The second-order valence-corrected chi connectivity index (χ2v) is 13.2. The molecule has 1 saturated heterocycles. The van der Waals surface area contributed by atoms with E-state index in [9.17, 15) is 9.59 Å². The number of aromatic nitrogens is 4. The van der Waals surface area contributed by atoms with Crippen LogP contribution in [-0.2, 0) is 4.79 Å². The molecule has 3 unspecified atom stereocenters. The third-order valence-electron chi connectivity index (χ3n) is 9.95. The van der Waals surface area contributed by atoms with Crippen LogP contribution in [0.5, 0.6) is 5.75 Å². The summed E-state index contributed by atoms with van der Waals surface area (Å²) < 4.78 is 41.9. The van der Waals surface area contributed by atoms with E-state index < -0.39 is 17.2 Å². The van der Waals surface area contributed by atoms with E-state index >= 15 is 8.78 Å². The van der Waals surface area contributed by atoms with Crippen LogP contribution in [0.3, 0.4) is 0 Å². The van der Waals surface area contributed by atoms with E-state index in [4.69, 9.17) is 4.74 Å². The summed E-state index contributed by atoms with van der Waals surface area (Å²) in [4.78, 5) is 41.7. The minimum absolute atomic E-state index is 0.0271. The summed E-state index contributed by atoms with van der Waals surface area (Å²) in [6.45, 7) is 13.9. The number of anilines is 1. The standard InChI is InChI=1S/C37H37F2N5O3/c1-7-27(45)23-14-22-11-13-47-36-35(43(22)16-21(23)6)24-15-25(38)29(28-19(4)8-9-26-32(28)42-17-41-26)30(39)34(24)44(37(36)46)33-20(5)10-12-40-31(33)18(2)3/h7-10,12,15,17-18,21-23H,1,11,13-14,16H2,2-6H3,(H,41,42). The zero-order chi connectivity index (χ0) is 33.3. The number of nitrogens with zero attached hydrogens (tertiary/aromatic N) is 4. The summed E-state index contributed by atoms with van der Waals surface area (Å²) >= 11 is 0. The average Bonchev–Trinajstić information content (AvgIpc) is 3.44. The van der Waals surface area contributed by atoms with Crippen molar-refractivity contribution < 1.29 is 18.3 Å². The summed E-state index contributed by atoms with van der Waals surface area (Å²) in [5.74, 6) is -2.09. The van der Waals surface area contributed by atoms with E-state index in [1.807, 2.05) is 38.7 Å². The summed E-state index contributed by atoms with van der Waals surface area (Å²) in [6, 6.07) is 6.53. The molecule has 1 fully saturated rings.